The minimum atomic E-state index is -0.0663. The maximum atomic E-state index is 11.5. The van der Waals surface area contributed by atoms with Crippen LogP contribution in [0.2, 0.25) is 0 Å². The molecule has 0 fully saturated rings. The fourth-order valence-corrected chi connectivity index (χ4v) is 2.21. The third kappa shape index (κ3) is 9.10. The van der Waals surface area contributed by atoms with Gasteiger partial charge in [0.2, 0.25) is 0 Å². The summed E-state index contributed by atoms with van der Waals surface area (Å²) in [7, 11) is 3.41. The highest BCUT2D eigenvalue weighted by Crippen LogP contribution is 2.05. The van der Waals surface area contributed by atoms with Gasteiger partial charge in [-0.1, -0.05) is 38.8 Å². The minimum Gasteiger partial charge on any atom is -0.356 e. The second-order valence-corrected chi connectivity index (χ2v) is 6.02. The first-order valence-electron chi connectivity index (χ1n) is 8.32. The minimum absolute atomic E-state index is 0. The number of carbonyl (C=O) groups excluding carboxylic acids is 1. The molecule has 24 heavy (non-hydrogen) atoms. The van der Waals surface area contributed by atoms with Crippen molar-refractivity contribution in [2.24, 2.45) is 10.9 Å². The monoisotopic (exact) mass is 446 g/mol. The Morgan fingerprint density at radius 1 is 1.12 bits per heavy atom. The molecule has 0 aliphatic carbocycles. The first-order valence-corrected chi connectivity index (χ1v) is 8.32. The Kier molecular flexibility index (Phi) is 12.3. The van der Waals surface area contributed by atoms with Gasteiger partial charge in [-0.3, -0.25) is 9.79 Å². The number of hydrogen-bond acceptors (Lipinski definition) is 2. The second kappa shape index (κ2) is 13.0. The Morgan fingerprint density at radius 3 is 2.33 bits per heavy atom. The summed E-state index contributed by atoms with van der Waals surface area (Å²) in [5.41, 5.74) is 1.78. The van der Waals surface area contributed by atoms with Gasteiger partial charge in [-0.2, -0.15) is 0 Å². The van der Waals surface area contributed by atoms with Crippen molar-refractivity contribution >= 4 is 35.8 Å². The molecular formula is C18H31IN4O. The number of aliphatic imine (C=N–C) groups is 1. The van der Waals surface area contributed by atoms with E-state index in [1.54, 1.807) is 14.1 Å². The van der Waals surface area contributed by atoms with Crippen LogP contribution in [0.5, 0.6) is 0 Å². The third-order valence-electron chi connectivity index (χ3n) is 3.63. The summed E-state index contributed by atoms with van der Waals surface area (Å²) in [6.07, 6.45) is 3.66. The zero-order chi connectivity index (χ0) is 17.1. The second-order valence-electron chi connectivity index (χ2n) is 6.02. The molecule has 0 aromatic heterocycles. The summed E-state index contributed by atoms with van der Waals surface area (Å²) in [5, 5.41) is 9.23. The van der Waals surface area contributed by atoms with Crippen LogP contribution in [0.1, 0.15) is 49.0 Å². The van der Waals surface area contributed by atoms with Crippen LogP contribution >= 0.6 is 24.0 Å². The number of hydrogen-bond donors (Lipinski definition) is 3. The van der Waals surface area contributed by atoms with Crippen LogP contribution in [0.15, 0.2) is 29.3 Å². The first kappa shape index (κ1) is 22.7. The number of halogens is 1. The molecule has 1 amide bonds. The molecule has 0 spiro atoms. The van der Waals surface area contributed by atoms with Crippen LogP contribution in [0.3, 0.4) is 0 Å². The van der Waals surface area contributed by atoms with Gasteiger partial charge in [-0.05, 0) is 30.0 Å². The topological polar surface area (TPSA) is 65.5 Å². The van der Waals surface area contributed by atoms with Gasteiger partial charge in [0.15, 0.2) is 5.96 Å². The predicted octanol–water partition coefficient (Wildman–Crippen LogP) is 3.16. The van der Waals surface area contributed by atoms with Gasteiger partial charge >= 0.3 is 0 Å². The van der Waals surface area contributed by atoms with Gasteiger partial charge in [-0.25, -0.2) is 0 Å². The SMILES string of the molecule is CN=C(NCCCCC(C)C)NCc1ccc(C(=O)NC)cc1.I. The Morgan fingerprint density at radius 2 is 1.79 bits per heavy atom. The summed E-state index contributed by atoms with van der Waals surface area (Å²) < 4.78 is 0. The third-order valence-corrected chi connectivity index (χ3v) is 3.63. The molecule has 0 unspecified atom stereocenters. The van der Waals surface area contributed by atoms with E-state index in [0.29, 0.717) is 12.1 Å². The lowest BCUT2D eigenvalue weighted by molar-refractivity contribution is 0.0963. The number of carbonyl (C=O) groups is 1. The lowest BCUT2D eigenvalue weighted by atomic mass is 10.1. The van der Waals surface area contributed by atoms with Crippen molar-refractivity contribution < 1.29 is 4.79 Å². The standard InChI is InChI=1S/C18H30N4O.HI/c1-14(2)7-5-6-12-21-18(20-4)22-13-15-8-10-16(11-9-15)17(23)19-3;/h8-11,14H,5-7,12-13H2,1-4H3,(H,19,23)(H2,20,21,22);1H. The molecule has 0 bridgehead atoms. The molecule has 136 valence electrons. The van der Waals surface area contributed by atoms with Gasteiger partial charge in [0, 0.05) is 32.7 Å². The fraction of sp³-hybridized carbons (Fsp3) is 0.556. The summed E-state index contributed by atoms with van der Waals surface area (Å²) in [6.45, 7) is 6.12. The van der Waals surface area contributed by atoms with E-state index in [1.807, 2.05) is 24.3 Å². The van der Waals surface area contributed by atoms with E-state index in [0.717, 1.165) is 30.4 Å². The zero-order valence-corrected chi connectivity index (χ0v) is 17.5. The van der Waals surface area contributed by atoms with Crippen LogP contribution in [0, 0.1) is 5.92 Å². The van der Waals surface area contributed by atoms with Crippen molar-refractivity contribution in [2.45, 2.75) is 39.7 Å². The summed E-state index contributed by atoms with van der Waals surface area (Å²) in [6, 6.07) is 7.57. The highest BCUT2D eigenvalue weighted by Gasteiger charge is 2.03. The number of nitrogens with zero attached hydrogens (tertiary/aromatic N) is 1. The van der Waals surface area contributed by atoms with Gasteiger partial charge in [0.05, 0.1) is 0 Å². The van der Waals surface area contributed by atoms with E-state index >= 15 is 0 Å². The van der Waals surface area contributed by atoms with E-state index in [4.69, 9.17) is 0 Å². The van der Waals surface area contributed by atoms with E-state index in [1.165, 1.54) is 12.8 Å². The van der Waals surface area contributed by atoms with Crippen LogP contribution in [-0.4, -0.2) is 32.5 Å². The fourth-order valence-electron chi connectivity index (χ4n) is 2.21. The lowest BCUT2D eigenvalue weighted by Crippen LogP contribution is -2.37. The molecule has 5 nitrogen and oxygen atoms in total. The first-order chi connectivity index (χ1) is 11.1. The molecule has 1 aromatic carbocycles. The number of unbranched alkanes of at least 4 members (excludes halogenated alkanes) is 1. The van der Waals surface area contributed by atoms with Gasteiger partial charge in [0.1, 0.15) is 0 Å². The molecule has 0 radical (unpaired) electrons. The van der Waals surface area contributed by atoms with Crippen LogP contribution in [-0.2, 0) is 6.54 Å². The predicted molar refractivity (Wildman–Crippen MR) is 112 cm³/mol. The van der Waals surface area contributed by atoms with Crippen LogP contribution in [0.25, 0.3) is 0 Å². The van der Waals surface area contributed by atoms with E-state index in [9.17, 15) is 4.79 Å². The Hall–Kier alpha value is -1.31. The van der Waals surface area contributed by atoms with Gasteiger partial charge in [0.25, 0.3) is 5.91 Å². The highest BCUT2D eigenvalue weighted by atomic mass is 127. The quantitative estimate of drug-likeness (QED) is 0.249. The van der Waals surface area contributed by atoms with E-state index in [2.05, 4.69) is 34.8 Å². The highest BCUT2D eigenvalue weighted by molar-refractivity contribution is 14.0. The Bertz CT molecular complexity index is 500. The molecule has 0 aliphatic rings. The number of rotatable bonds is 8. The zero-order valence-electron chi connectivity index (χ0n) is 15.2. The van der Waals surface area contributed by atoms with Crippen molar-refractivity contribution in [1.29, 1.82) is 0 Å². The number of amides is 1. The average Bonchev–Trinajstić information content (AvgIpc) is 2.56. The number of guanidine groups is 1. The smallest absolute Gasteiger partial charge is 0.251 e. The van der Waals surface area contributed by atoms with Crippen molar-refractivity contribution in [3.8, 4) is 0 Å². The summed E-state index contributed by atoms with van der Waals surface area (Å²) in [5.74, 6) is 1.51. The molecule has 0 saturated heterocycles. The molecule has 0 heterocycles. The normalized spacial score (nSPS) is 11.0. The average molecular weight is 446 g/mol. The lowest BCUT2D eigenvalue weighted by Gasteiger charge is -2.12. The van der Waals surface area contributed by atoms with Crippen LogP contribution < -0.4 is 16.0 Å². The van der Waals surface area contributed by atoms with Gasteiger partial charge < -0.3 is 16.0 Å². The van der Waals surface area contributed by atoms with E-state index < -0.39 is 0 Å². The molecule has 0 saturated carbocycles. The van der Waals surface area contributed by atoms with Crippen LogP contribution in [0.4, 0.5) is 0 Å². The molecule has 1 rings (SSSR count). The maximum Gasteiger partial charge on any atom is 0.251 e. The van der Waals surface area contributed by atoms with Crippen molar-refractivity contribution in [2.75, 3.05) is 20.6 Å². The summed E-state index contributed by atoms with van der Waals surface area (Å²) >= 11 is 0. The van der Waals surface area contributed by atoms with Gasteiger partial charge in [-0.15, -0.1) is 24.0 Å². The van der Waals surface area contributed by atoms with Crippen molar-refractivity contribution in [1.82, 2.24) is 16.0 Å². The molecule has 3 N–H and O–H groups in total. The Labute approximate surface area is 163 Å². The molecule has 1 aromatic rings. The number of benzene rings is 1. The Balaban J connectivity index is 0.00000529. The largest absolute Gasteiger partial charge is 0.356 e. The summed E-state index contributed by atoms with van der Waals surface area (Å²) in [4.78, 5) is 15.7. The van der Waals surface area contributed by atoms with E-state index in [-0.39, 0.29) is 29.9 Å². The molecule has 0 aliphatic heterocycles. The molecular weight excluding hydrogens is 415 g/mol. The number of nitrogens with one attached hydrogen (secondary N) is 3. The molecule has 6 heteroatoms. The maximum absolute atomic E-state index is 11.5. The molecule has 0 atom stereocenters. The van der Waals surface area contributed by atoms with Crippen molar-refractivity contribution in [3.05, 3.63) is 35.4 Å². The van der Waals surface area contributed by atoms with Crippen molar-refractivity contribution in [3.63, 3.8) is 0 Å².